The third-order valence-electron chi connectivity index (χ3n) is 8.21. The van der Waals surface area contributed by atoms with Gasteiger partial charge in [0.1, 0.15) is 0 Å². The Balaban J connectivity index is 1.04. The minimum Gasteiger partial charge on any atom is -0.294 e. The fourth-order valence-corrected chi connectivity index (χ4v) is 7.01. The molecule has 0 aromatic rings. The van der Waals surface area contributed by atoms with Crippen molar-refractivity contribution in [1.29, 1.82) is 0 Å². The number of unbranched alkanes of at least 4 members (excludes halogenated alkanes) is 1. The maximum atomic E-state index is 12.7. The summed E-state index contributed by atoms with van der Waals surface area (Å²) in [5.74, 6) is 4.64. The highest BCUT2D eigenvalue weighted by Gasteiger charge is 2.51. The summed E-state index contributed by atoms with van der Waals surface area (Å²) < 4.78 is 0. The molecule has 134 valence electrons. The van der Waals surface area contributed by atoms with Crippen LogP contribution < -0.4 is 0 Å². The van der Waals surface area contributed by atoms with E-state index in [1.807, 2.05) is 0 Å². The molecule has 0 aromatic heterocycles. The average molecular weight is 346 g/mol. The normalized spacial score (nSPS) is 46.3. The molecule has 0 spiro atoms. The van der Waals surface area contributed by atoms with Crippen LogP contribution in [0.5, 0.6) is 0 Å². The van der Waals surface area contributed by atoms with Crippen LogP contribution in [-0.2, 0) is 9.59 Å². The maximum Gasteiger partial charge on any atom is 0.162 e. The standard InChI is InChI=1S/C24H26O2/c25-23-17(11-19-13-5-7-15(9-13)21(19)23)3-1-2-4-18-12-20-14-6-8-16(10-14)22(20)24(18)26/h5-8,11-16,19-22H,1-4,9-10H2/t13-,14-,15+,16+,19+,20+,21-,22-/m0/s1. The summed E-state index contributed by atoms with van der Waals surface area (Å²) in [7, 11) is 0. The molecular weight excluding hydrogens is 320 g/mol. The molecule has 8 atom stereocenters. The molecule has 6 aliphatic rings. The number of hydrogen-bond acceptors (Lipinski definition) is 2. The van der Waals surface area contributed by atoms with Crippen molar-refractivity contribution in [2.75, 3.05) is 0 Å². The van der Waals surface area contributed by atoms with Gasteiger partial charge in [0.05, 0.1) is 0 Å². The smallest absolute Gasteiger partial charge is 0.162 e. The molecule has 4 bridgehead atoms. The number of Topliss-reactive ketones (excluding diaryl/α,β-unsaturated/α-hetero) is 2. The van der Waals surface area contributed by atoms with Gasteiger partial charge in [0.15, 0.2) is 11.6 Å². The fourth-order valence-electron chi connectivity index (χ4n) is 7.01. The van der Waals surface area contributed by atoms with Gasteiger partial charge < -0.3 is 0 Å². The lowest BCUT2D eigenvalue weighted by atomic mass is 9.84. The van der Waals surface area contributed by atoms with Crippen molar-refractivity contribution >= 4 is 11.6 Å². The minimum atomic E-state index is 0.265. The number of hydrogen-bond donors (Lipinski definition) is 0. The molecule has 0 aliphatic heterocycles. The van der Waals surface area contributed by atoms with E-state index in [0.29, 0.717) is 47.1 Å². The van der Waals surface area contributed by atoms with E-state index < -0.39 is 0 Å². The van der Waals surface area contributed by atoms with Crippen molar-refractivity contribution in [3.8, 4) is 0 Å². The maximum absolute atomic E-state index is 12.7. The molecular formula is C24H26O2. The Bertz CT molecular complexity index is 742. The van der Waals surface area contributed by atoms with E-state index in [9.17, 15) is 9.59 Å². The van der Waals surface area contributed by atoms with Gasteiger partial charge in [-0.1, -0.05) is 36.5 Å². The highest BCUT2D eigenvalue weighted by atomic mass is 16.1. The highest BCUT2D eigenvalue weighted by molar-refractivity contribution is 6.01. The second kappa shape index (κ2) is 5.41. The van der Waals surface area contributed by atoms with Gasteiger partial charge in [0, 0.05) is 11.8 Å². The molecule has 0 radical (unpaired) electrons. The zero-order valence-corrected chi connectivity index (χ0v) is 15.1. The summed E-state index contributed by atoms with van der Waals surface area (Å²) in [6, 6.07) is 0. The highest BCUT2D eigenvalue weighted by Crippen LogP contribution is 2.54. The van der Waals surface area contributed by atoms with Crippen molar-refractivity contribution in [2.45, 2.75) is 38.5 Å². The summed E-state index contributed by atoms with van der Waals surface area (Å²) in [6.45, 7) is 0. The average Bonchev–Trinajstić information content (AvgIpc) is 3.43. The van der Waals surface area contributed by atoms with E-state index >= 15 is 0 Å². The van der Waals surface area contributed by atoms with E-state index in [1.54, 1.807) is 0 Å². The molecule has 0 amide bonds. The zero-order chi connectivity index (χ0) is 17.4. The third-order valence-corrected chi connectivity index (χ3v) is 8.21. The SMILES string of the molecule is O=C1C(CCCCC2=C[C@H]3[C@@H](C2=O)[C@@H]2C=C[C@H]3C2)=C[C@H]2[C@@H]1[C@@H]1C=C[C@H]2C1. The molecule has 0 heterocycles. The van der Waals surface area contributed by atoms with Crippen molar-refractivity contribution < 1.29 is 9.59 Å². The van der Waals surface area contributed by atoms with Crippen molar-refractivity contribution in [3.05, 3.63) is 47.6 Å². The summed E-state index contributed by atoms with van der Waals surface area (Å²) in [5, 5.41) is 0. The summed E-state index contributed by atoms with van der Waals surface area (Å²) in [6.07, 6.45) is 20.1. The van der Waals surface area contributed by atoms with E-state index in [2.05, 4.69) is 36.5 Å². The van der Waals surface area contributed by atoms with E-state index in [-0.39, 0.29) is 11.8 Å². The fraction of sp³-hybridized carbons (Fsp3) is 0.583. The first-order valence-corrected chi connectivity index (χ1v) is 10.6. The van der Waals surface area contributed by atoms with Crippen LogP contribution in [0.4, 0.5) is 0 Å². The molecule has 0 aromatic carbocycles. The Hall–Kier alpha value is -1.70. The summed E-state index contributed by atoms with van der Waals surface area (Å²) in [4.78, 5) is 25.4. The first kappa shape index (κ1) is 15.4. The summed E-state index contributed by atoms with van der Waals surface area (Å²) >= 11 is 0. The third kappa shape index (κ3) is 1.99. The molecule has 2 saturated carbocycles. The molecule has 0 N–H and O–H groups in total. The second-order valence-corrected chi connectivity index (χ2v) is 9.42. The molecule has 2 nitrogen and oxygen atoms in total. The Morgan fingerprint density at radius 1 is 0.654 bits per heavy atom. The zero-order valence-electron chi connectivity index (χ0n) is 15.1. The van der Waals surface area contributed by atoms with Gasteiger partial charge in [0.25, 0.3) is 0 Å². The van der Waals surface area contributed by atoms with Crippen LogP contribution >= 0.6 is 0 Å². The predicted octanol–water partition coefficient (Wildman–Crippen LogP) is 4.44. The quantitative estimate of drug-likeness (QED) is 0.545. The number of rotatable bonds is 5. The van der Waals surface area contributed by atoms with Crippen LogP contribution in [0.15, 0.2) is 47.6 Å². The van der Waals surface area contributed by atoms with E-state index in [1.165, 1.54) is 12.8 Å². The number of carbonyl (C=O) groups excluding carboxylic acids is 2. The van der Waals surface area contributed by atoms with Crippen LogP contribution in [0.2, 0.25) is 0 Å². The molecule has 2 heteroatoms. The van der Waals surface area contributed by atoms with Crippen LogP contribution in [0, 0.1) is 47.3 Å². The van der Waals surface area contributed by atoms with Crippen LogP contribution in [0.3, 0.4) is 0 Å². The lowest BCUT2D eigenvalue weighted by Gasteiger charge is -2.18. The molecule has 0 saturated heterocycles. The predicted molar refractivity (Wildman–Crippen MR) is 100 cm³/mol. The lowest BCUT2D eigenvalue weighted by molar-refractivity contribution is -0.120. The monoisotopic (exact) mass is 346 g/mol. The van der Waals surface area contributed by atoms with Crippen molar-refractivity contribution in [2.24, 2.45) is 47.3 Å². The van der Waals surface area contributed by atoms with Crippen LogP contribution in [-0.4, -0.2) is 11.6 Å². The Morgan fingerprint density at radius 2 is 1.08 bits per heavy atom. The first-order valence-electron chi connectivity index (χ1n) is 10.6. The topological polar surface area (TPSA) is 34.1 Å². The van der Waals surface area contributed by atoms with Crippen molar-refractivity contribution in [1.82, 2.24) is 0 Å². The Morgan fingerprint density at radius 3 is 1.50 bits per heavy atom. The van der Waals surface area contributed by atoms with Gasteiger partial charge in [-0.2, -0.15) is 0 Å². The van der Waals surface area contributed by atoms with Gasteiger partial charge in [-0.05, 0) is 85.2 Å². The first-order chi connectivity index (χ1) is 12.7. The number of allylic oxidation sites excluding steroid dienone is 8. The van der Waals surface area contributed by atoms with Crippen LogP contribution in [0.25, 0.3) is 0 Å². The van der Waals surface area contributed by atoms with Crippen molar-refractivity contribution in [3.63, 3.8) is 0 Å². The summed E-state index contributed by atoms with van der Waals surface area (Å²) in [5.41, 5.74) is 2.17. The molecule has 2 fully saturated rings. The van der Waals surface area contributed by atoms with Gasteiger partial charge in [-0.25, -0.2) is 0 Å². The van der Waals surface area contributed by atoms with Gasteiger partial charge in [-0.3, -0.25) is 9.59 Å². The number of carbonyl (C=O) groups is 2. The van der Waals surface area contributed by atoms with Gasteiger partial charge >= 0.3 is 0 Å². The molecule has 0 unspecified atom stereocenters. The Labute approximate surface area is 155 Å². The number of fused-ring (bicyclic) bond motifs is 10. The van der Waals surface area contributed by atoms with E-state index in [0.717, 1.165) is 36.8 Å². The molecule has 26 heavy (non-hydrogen) atoms. The van der Waals surface area contributed by atoms with Gasteiger partial charge in [0.2, 0.25) is 0 Å². The number of ketones is 2. The lowest BCUT2D eigenvalue weighted by Crippen LogP contribution is -2.21. The van der Waals surface area contributed by atoms with E-state index in [4.69, 9.17) is 0 Å². The molecule has 6 rings (SSSR count). The second-order valence-electron chi connectivity index (χ2n) is 9.42. The minimum absolute atomic E-state index is 0.265. The van der Waals surface area contributed by atoms with Crippen LogP contribution in [0.1, 0.15) is 38.5 Å². The van der Waals surface area contributed by atoms with Gasteiger partial charge in [-0.15, -0.1) is 0 Å². The molecule has 6 aliphatic carbocycles. The Kier molecular flexibility index (Phi) is 3.19. The largest absolute Gasteiger partial charge is 0.294 e.